The highest BCUT2D eigenvalue weighted by Crippen LogP contribution is 2.38. The third kappa shape index (κ3) is 4.51. The Bertz CT molecular complexity index is 1080. The van der Waals surface area contributed by atoms with Crippen molar-refractivity contribution >= 4 is 28.2 Å². The molecule has 1 amide bonds. The molecule has 1 aromatic heterocycles. The van der Waals surface area contributed by atoms with Crippen molar-refractivity contribution in [3.8, 4) is 11.5 Å². The van der Waals surface area contributed by atoms with Crippen molar-refractivity contribution < 1.29 is 14.3 Å². The number of aromatic nitrogens is 1. The van der Waals surface area contributed by atoms with Crippen molar-refractivity contribution in [1.82, 2.24) is 4.98 Å². The number of amides is 1. The number of ether oxygens (including phenoxy) is 2. The van der Waals surface area contributed by atoms with Gasteiger partial charge in [-0.15, -0.1) is 0 Å². The van der Waals surface area contributed by atoms with E-state index in [4.69, 9.17) is 15.2 Å². The van der Waals surface area contributed by atoms with E-state index in [9.17, 15) is 9.59 Å². The van der Waals surface area contributed by atoms with Crippen LogP contribution in [-0.4, -0.2) is 24.1 Å². The molecule has 0 spiro atoms. The van der Waals surface area contributed by atoms with E-state index >= 15 is 0 Å². The molecule has 0 saturated heterocycles. The van der Waals surface area contributed by atoms with Gasteiger partial charge < -0.3 is 25.5 Å². The van der Waals surface area contributed by atoms with Gasteiger partial charge >= 0.3 is 0 Å². The topological polar surface area (TPSA) is 106 Å². The average molecular weight is 395 g/mol. The van der Waals surface area contributed by atoms with Gasteiger partial charge in [-0.2, -0.15) is 0 Å². The van der Waals surface area contributed by atoms with Crippen molar-refractivity contribution in [3.63, 3.8) is 0 Å². The van der Waals surface area contributed by atoms with Crippen LogP contribution in [0.2, 0.25) is 0 Å². The summed E-state index contributed by atoms with van der Waals surface area (Å²) in [5, 5.41) is 3.20. The first kappa shape index (κ1) is 20.3. The van der Waals surface area contributed by atoms with Gasteiger partial charge in [0.1, 0.15) is 5.56 Å². The molecule has 0 radical (unpaired) electrons. The van der Waals surface area contributed by atoms with Crippen LogP contribution in [0.1, 0.15) is 37.0 Å². The number of nitrogens with two attached hydrogens (primary N) is 1. The minimum Gasteiger partial charge on any atom is -0.490 e. The van der Waals surface area contributed by atoms with Gasteiger partial charge in [0.25, 0.3) is 5.91 Å². The maximum absolute atomic E-state index is 12.9. The predicted octanol–water partition coefficient (Wildman–Crippen LogP) is 3.94. The smallest absolute Gasteiger partial charge is 0.261 e. The molecule has 0 aliphatic carbocycles. The Hall–Kier alpha value is -3.48. The van der Waals surface area contributed by atoms with Crippen LogP contribution in [-0.2, 0) is 0 Å². The zero-order valence-electron chi connectivity index (χ0n) is 16.6. The molecule has 0 aliphatic rings. The van der Waals surface area contributed by atoms with E-state index in [1.54, 1.807) is 30.3 Å². The fourth-order valence-corrected chi connectivity index (χ4v) is 2.91. The van der Waals surface area contributed by atoms with Crippen LogP contribution in [0, 0.1) is 0 Å². The Labute approximate surface area is 168 Å². The summed E-state index contributed by atoms with van der Waals surface area (Å²) in [6.45, 7) is 4.92. The van der Waals surface area contributed by atoms with Crippen molar-refractivity contribution in [1.29, 1.82) is 0 Å². The molecule has 0 atom stereocenters. The maximum atomic E-state index is 12.9. The highest BCUT2D eigenvalue weighted by molar-refractivity contribution is 6.06. The van der Waals surface area contributed by atoms with Crippen LogP contribution in [0.3, 0.4) is 0 Å². The largest absolute Gasteiger partial charge is 0.490 e. The van der Waals surface area contributed by atoms with Crippen molar-refractivity contribution in [3.05, 3.63) is 58.4 Å². The summed E-state index contributed by atoms with van der Waals surface area (Å²) >= 11 is 0. The van der Waals surface area contributed by atoms with E-state index in [-0.39, 0.29) is 11.0 Å². The molecule has 29 heavy (non-hydrogen) atoms. The van der Waals surface area contributed by atoms with Crippen LogP contribution in [0.25, 0.3) is 10.9 Å². The van der Waals surface area contributed by atoms with Crippen molar-refractivity contribution in [2.45, 2.75) is 26.7 Å². The fourth-order valence-electron chi connectivity index (χ4n) is 2.91. The number of carbonyl (C=O) groups excluding carboxylic acids is 1. The number of rotatable bonds is 8. The number of H-pyrrole nitrogens is 1. The minimum absolute atomic E-state index is 0.00333. The van der Waals surface area contributed by atoms with Crippen LogP contribution in [0.15, 0.2) is 47.4 Å². The van der Waals surface area contributed by atoms with Gasteiger partial charge in [0.15, 0.2) is 11.5 Å². The van der Waals surface area contributed by atoms with E-state index in [0.29, 0.717) is 47.0 Å². The molecular formula is C22H25N3O4. The normalized spacial score (nSPS) is 10.7. The number of anilines is 2. The van der Waals surface area contributed by atoms with Gasteiger partial charge in [-0.25, -0.2) is 0 Å². The predicted molar refractivity (Wildman–Crippen MR) is 115 cm³/mol. The summed E-state index contributed by atoms with van der Waals surface area (Å²) in [5.74, 6) is 0.313. The van der Waals surface area contributed by atoms with Crippen LogP contribution in [0.4, 0.5) is 11.4 Å². The summed E-state index contributed by atoms with van der Waals surface area (Å²) in [6.07, 6.45) is 3.01. The summed E-state index contributed by atoms with van der Waals surface area (Å²) in [4.78, 5) is 28.6. The zero-order valence-corrected chi connectivity index (χ0v) is 16.6. The molecule has 4 N–H and O–H groups in total. The molecule has 0 aliphatic heterocycles. The lowest BCUT2D eigenvalue weighted by Crippen LogP contribution is -2.22. The van der Waals surface area contributed by atoms with E-state index in [2.05, 4.69) is 10.3 Å². The molecule has 3 aromatic rings. The summed E-state index contributed by atoms with van der Waals surface area (Å²) in [5.41, 5.74) is 7.10. The second kappa shape index (κ2) is 9.14. The third-order valence-corrected chi connectivity index (χ3v) is 4.27. The molecule has 2 aromatic carbocycles. The Morgan fingerprint density at radius 2 is 1.83 bits per heavy atom. The van der Waals surface area contributed by atoms with Gasteiger partial charge in [-0.3, -0.25) is 9.59 Å². The highest BCUT2D eigenvalue weighted by Gasteiger charge is 2.19. The molecule has 0 bridgehead atoms. The van der Waals surface area contributed by atoms with E-state index in [1.807, 2.05) is 19.9 Å². The first-order valence-electron chi connectivity index (χ1n) is 9.66. The molecule has 152 valence electrons. The molecule has 3 rings (SSSR count). The van der Waals surface area contributed by atoms with Crippen LogP contribution < -0.4 is 26.0 Å². The summed E-state index contributed by atoms with van der Waals surface area (Å²) in [6, 6.07) is 10.3. The Morgan fingerprint density at radius 1 is 1.10 bits per heavy atom. The van der Waals surface area contributed by atoms with E-state index < -0.39 is 5.91 Å². The lowest BCUT2D eigenvalue weighted by Gasteiger charge is -2.17. The molecular weight excluding hydrogens is 370 g/mol. The number of carbonyl (C=O) groups is 1. The first-order chi connectivity index (χ1) is 14.0. The molecule has 0 saturated carbocycles. The summed E-state index contributed by atoms with van der Waals surface area (Å²) < 4.78 is 11.6. The number of para-hydroxylation sites is 1. The van der Waals surface area contributed by atoms with Crippen molar-refractivity contribution in [2.24, 2.45) is 0 Å². The monoisotopic (exact) mass is 395 g/mol. The summed E-state index contributed by atoms with van der Waals surface area (Å²) in [7, 11) is 0. The van der Waals surface area contributed by atoms with Crippen LogP contribution >= 0.6 is 0 Å². The number of pyridine rings is 1. The second-order valence-electron chi connectivity index (χ2n) is 6.62. The first-order valence-corrected chi connectivity index (χ1v) is 9.66. The second-order valence-corrected chi connectivity index (χ2v) is 6.62. The molecule has 0 unspecified atom stereocenters. The highest BCUT2D eigenvalue weighted by atomic mass is 16.5. The molecule has 1 heterocycles. The number of hydrogen-bond donors (Lipinski definition) is 3. The average Bonchev–Trinajstić information content (AvgIpc) is 2.71. The minimum atomic E-state index is -0.551. The number of benzene rings is 2. The van der Waals surface area contributed by atoms with E-state index in [0.717, 1.165) is 12.8 Å². The Morgan fingerprint density at radius 3 is 2.59 bits per heavy atom. The number of nitrogens with one attached hydrogen (secondary N) is 2. The lowest BCUT2D eigenvalue weighted by molar-refractivity contribution is 0.102. The number of aromatic amines is 1. The standard InChI is InChI=1S/C22H25N3O4/c1-3-9-28-19-12-14(23)11-18(21(19)29-10-4-2)25-22(27)16-13-24-17-8-6-5-7-15(17)20(16)26/h5-8,11-13H,3-4,9-10,23H2,1-2H3,(H,24,26)(H,25,27). The molecule has 7 nitrogen and oxygen atoms in total. The molecule has 0 fully saturated rings. The van der Waals surface area contributed by atoms with Crippen molar-refractivity contribution in [2.75, 3.05) is 24.3 Å². The Kier molecular flexibility index (Phi) is 6.39. The SMILES string of the molecule is CCCOc1cc(N)cc(NC(=O)c2c[nH]c3ccccc3c2=O)c1OCCC. The van der Waals surface area contributed by atoms with Gasteiger partial charge in [0.2, 0.25) is 5.43 Å². The van der Waals surface area contributed by atoms with Crippen LogP contribution in [0.5, 0.6) is 11.5 Å². The maximum Gasteiger partial charge on any atom is 0.261 e. The van der Waals surface area contributed by atoms with E-state index in [1.165, 1.54) is 6.20 Å². The number of hydrogen-bond acceptors (Lipinski definition) is 5. The van der Waals surface area contributed by atoms with Gasteiger partial charge in [-0.05, 0) is 31.0 Å². The number of nitrogen functional groups attached to an aromatic ring is 1. The number of fused-ring (bicyclic) bond motifs is 1. The van der Waals surface area contributed by atoms with Gasteiger partial charge in [0, 0.05) is 28.9 Å². The zero-order chi connectivity index (χ0) is 20.8. The van der Waals surface area contributed by atoms with Gasteiger partial charge in [-0.1, -0.05) is 26.0 Å². The lowest BCUT2D eigenvalue weighted by atomic mass is 10.1. The Balaban J connectivity index is 1.98. The fraction of sp³-hybridized carbons (Fsp3) is 0.273. The third-order valence-electron chi connectivity index (χ3n) is 4.27. The molecule has 7 heteroatoms. The van der Waals surface area contributed by atoms with Gasteiger partial charge in [0.05, 0.1) is 18.9 Å². The quantitative estimate of drug-likeness (QED) is 0.501.